The van der Waals surface area contributed by atoms with Gasteiger partial charge in [-0.15, -0.1) is 0 Å². The van der Waals surface area contributed by atoms with E-state index in [2.05, 4.69) is 22.8 Å². The summed E-state index contributed by atoms with van der Waals surface area (Å²) in [6.07, 6.45) is 11.5. The van der Waals surface area contributed by atoms with E-state index in [-0.39, 0.29) is 12.7 Å². The first kappa shape index (κ1) is 21.1. The first-order valence-corrected chi connectivity index (χ1v) is 11.4. The molecule has 2 aromatic carbocycles. The molecular formula is C27H27N3O3. The van der Waals surface area contributed by atoms with Crippen LogP contribution in [-0.4, -0.2) is 30.8 Å². The minimum absolute atomic E-state index is 0.117. The minimum atomic E-state index is -0.117. The number of amides is 1. The number of carbonyl (C=O) groups is 1. The number of fused-ring (bicyclic) bond motifs is 3. The third-order valence-corrected chi connectivity index (χ3v) is 5.94. The Morgan fingerprint density at radius 2 is 1.88 bits per heavy atom. The number of anilines is 1. The van der Waals surface area contributed by atoms with Crippen molar-refractivity contribution in [2.75, 3.05) is 25.2 Å². The topological polar surface area (TPSA) is 72.5 Å². The van der Waals surface area contributed by atoms with Gasteiger partial charge in [-0.1, -0.05) is 42.5 Å². The molecule has 1 amide bonds. The molecule has 0 spiro atoms. The van der Waals surface area contributed by atoms with Crippen molar-refractivity contribution in [2.45, 2.75) is 25.7 Å². The molecule has 0 radical (unpaired) electrons. The Morgan fingerprint density at radius 3 is 2.85 bits per heavy atom. The maximum Gasteiger partial charge on any atom is 0.244 e. The number of hydrogen-bond donors (Lipinski definition) is 2. The van der Waals surface area contributed by atoms with Gasteiger partial charge < -0.3 is 20.1 Å². The lowest BCUT2D eigenvalue weighted by atomic mass is 9.92. The number of aromatic nitrogens is 1. The average Bonchev–Trinajstić information content (AvgIpc) is 3.32. The van der Waals surface area contributed by atoms with Crippen LogP contribution in [0.3, 0.4) is 0 Å². The van der Waals surface area contributed by atoms with Crippen molar-refractivity contribution < 1.29 is 14.3 Å². The molecule has 2 N–H and O–H groups in total. The van der Waals surface area contributed by atoms with E-state index in [4.69, 9.17) is 14.5 Å². The van der Waals surface area contributed by atoms with E-state index < -0.39 is 0 Å². The van der Waals surface area contributed by atoms with E-state index in [9.17, 15) is 4.79 Å². The number of allylic oxidation sites excluding steroid dienone is 2. The molecule has 168 valence electrons. The molecule has 0 atom stereocenters. The van der Waals surface area contributed by atoms with Crippen molar-refractivity contribution >= 4 is 28.6 Å². The molecule has 0 unspecified atom stereocenters. The first-order valence-electron chi connectivity index (χ1n) is 11.4. The van der Waals surface area contributed by atoms with Gasteiger partial charge in [-0.3, -0.25) is 9.78 Å². The average molecular weight is 442 g/mol. The molecule has 1 aromatic heterocycles. The van der Waals surface area contributed by atoms with Crippen LogP contribution in [0, 0.1) is 0 Å². The van der Waals surface area contributed by atoms with Gasteiger partial charge in [-0.25, -0.2) is 0 Å². The molecule has 2 heterocycles. The van der Waals surface area contributed by atoms with Gasteiger partial charge in [0.1, 0.15) is 0 Å². The number of nitrogens with zero attached hydrogens (tertiary/aromatic N) is 1. The van der Waals surface area contributed by atoms with E-state index in [1.54, 1.807) is 6.08 Å². The van der Waals surface area contributed by atoms with Crippen molar-refractivity contribution in [3.63, 3.8) is 0 Å². The number of carbonyl (C=O) groups excluding carboxylic acids is 1. The number of nitrogens with one attached hydrogen (secondary N) is 2. The highest BCUT2D eigenvalue weighted by molar-refractivity contribution is 5.93. The smallest absolute Gasteiger partial charge is 0.244 e. The summed E-state index contributed by atoms with van der Waals surface area (Å²) in [6.45, 7) is 1.46. The predicted octanol–water partition coefficient (Wildman–Crippen LogP) is 4.64. The minimum Gasteiger partial charge on any atom is -0.454 e. The Balaban J connectivity index is 1.14. The molecule has 2 aliphatic rings. The summed E-state index contributed by atoms with van der Waals surface area (Å²) in [5.74, 6) is 1.39. The summed E-state index contributed by atoms with van der Waals surface area (Å²) in [4.78, 5) is 17.0. The number of ether oxygens (including phenoxy) is 2. The summed E-state index contributed by atoms with van der Waals surface area (Å²) in [6, 6.07) is 14.0. The van der Waals surface area contributed by atoms with Gasteiger partial charge in [0.2, 0.25) is 12.7 Å². The van der Waals surface area contributed by atoms with Crippen LogP contribution in [0.15, 0.2) is 60.7 Å². The number of pyridine rings is 1. The third kappa shape index (κ3) is 4.85. The second-order valence-corrected chi connectivity index (χ2v) is 8.19. The van der Waals surface area contributed by atoms with Crippen LogP contribution in [0.2, 0.25) is 0 Å². The highest BCUT2D eigenvalue weighted by Crippen LogP contribution is 2.33. The molecule has 0 fully saturated rings. The van der Waals surface area contributed by atoms with Gasteiger partial charge in [0.25, 0.3) is 0 Å². The number of benzene rings is 2. The van der Waals surface area contributed by atoms with Crippen LogP contribution >= 0.6 is 0 Å². The monoisotopic (exact) mass is 441 g/mol. The van der Waals surface area contributed by atoms with Gasteiger partial charge in [0, 0.05) is 35.9 Å². The molecule has 1 aliphatic carbocycles. The Kier molecular flexibility index (Phi) is 6.24. The summed E-state index contributed by atoms with van der Waals surface area (Å²) in [7, 11) is 0. The highest BCUT2D eigenvalue weighted by atomic mass is 16.7. The summed E-state index contributed by atoms with van der Waals surface area (Å²) >= 11 is 0. The highest BCUT2D eigenvalue weighted by Gasteiger charge is 2.17. The molecule has 5 rings (SSSR count). The zero-order valence-corrected chi connectivity index (χ0v) is 18.5. The Labute approximate surface area is 193 Å². The van der Waals surface area contributed by atoms with Gasteiger partial charge in [0.15, 0.2) is 11.5 Å². The van der Waals surface area contributed by atoms with E-state index >= 15 is 0 Å². The Morgan fingerprint density at radius 1 is 1.00 bits per heavy atom. The number of aryl methyl sites for hydroxylation is 1. The molecule has 0 bridgehead atoms. The lowest BCUT2D eigenvalue weighted by Gasteiger charge is -2.21. The molecule has 0 saturated heterocycles. The zero-order chi connectivity index (χ0) is 22.5. The van der Waals surface area contributed by atoms with Crippen LogP contribution in [0.25, 0.3) is 17.0 Å². The fourth-order valence-electron chi connectivity index (χ4n) is 4.33. The van der Waals surface area contributed by atoms with E-state index in [0.717, 1.165) is 40.8 Å². The quantitative estimate of drug-likeness (QED) is 0.318. The molecule has 3 aromatic rings. The molecule has 6 heteroatoms. The van der Waals surface area contributed by atoms with Gasteiger partial charge >= 0.3 is 0 Å². The van der Waals surface area contributed by atoms with Crippen molar-refractivity contribution in [1.82, 2.24) is 10.3 Å². The second kappa shape index (κ2) is 9.77. The van der Waals surface area contributed by atoms with Crippen LogP contribution in [0.4, 0.5) is 5.69 Å². The molecule has 33 heavy (non-hydrogen) atoms. The normalized spacial score (nSPS) is 14.7. The van der Waals surface area contributed by atoms with Crippen molar-refractivity contribution in [3.8, 4) is 11.5 Å². The van der Waals surface area contributed by atoms with Crippen LogP contribution in [0.5, 0.6) is 11.5 Å². The van der Waals surface area contributed by atoms with Gasteiger partial charge in [-0.2, -0.15) is 0 Å². The maximum absolute atomic E-state index is 12.2. The molecule has 0 saturated carbocycles. The predicted molar refractivity (Wildman–Crippen MR) is 131 cm³/mol. The van der Waals surface area contributed by atoms with E-state index in [1.165, 1.54) is 35.9 Å². The Hall–Kier alpha value is -3.80. The Bertz CT molecular complexity index is 1230. The lowest BCUT2D eigenvalue weighted by Crippen LogP contribution is -2.27. The van der Waals surface area contributed by atoms with Crippen molar-refractivity contribution in [1.29, 1.82) is 0 Å². The first-order chi connectivity index (χ1) is 16.3. The van der Waals surface area contributed by atoms with Gasteiger partial charge in [-0.05, 0) is 55.0 Å². The summed E-state index contributed by atoms with van der Waals surface area (Å²) in [5, 5.41) is 7.66. The number of rotatable bonds is 7. The molecule has 6 nitrogen and oxygen atoms in total. The zero-order valence-electron chi connectivity index (χ0n) is 18.5. The SMILES string of the molecule is O=C(/C=C/C=C/c1ccc2c(c1)OCO2)NCCNc1c2c(nc3ccccc13)CCCC2. The second-order valence-electron chi connectivity index (χ2n) is 8.19. The van der Waals surface area contributed by atoms with Crippen LogP contribution in [0.1, 0.15) is 29.7 Å². The van der Waals surface area contributed by atoms with Crippen LogP contribution < -0.4 is 20.1 Å². The molecule has 1 aliphatic heterocycles. The van der Waals surface area contributed by atoms with Gasteiger partial charge in [0.05, 0.1) is 5.52 Å². The van der Waals surface area contributed by atoms with Crippen molar-refractivity contribution in [2.24, 2.45) is 0 Å². The van der Waals surface area contributed by atoms with E-state index in [1.807, 2.05) is 42.5 Å². The molecular weight excluding hydrogens is 414 g/mol. The summed E-state index contributed by atoms with van der Waals surface area (Å²) in [5.41, 5.74) is 5.73. The fraction of sp³-hybridized carbons (Fsp3) is 0.259. The number of hydrogen-bond acceptors (Lipinski definition) is 5. The standard InChI is InChI=1S/C27H27N3O3/c31-26(12-6-1-7-19-13-14-24-25(17-19)33-18-32-24)28-15-16-29-27-20-8-2-4-10-22(20)30-23-11-5-3-9-21(23)27/h1-2,4,6-8,10,12-14,17H,3,5,9,11,15-16,18H2,(H,28,31)(H,29,30)/b7-1+,12-6+. The largest absolute Gasteiger partial charge is 0.454 e. The van der Waals surface area contributed by atoms with Crippen molar-refractivity contribution in [3.05, 3.63) is 77.5 Å². The van der Waals surface area contributed by atoms with E-state index in [0.29, 0.717) is 13.1 Å². The van der Waals surface area contributed by atoms with Crippen LogP contribution in [-0.2, 0) is 17.6 Å². The third-order valence-electron chi connectivity index (χ3n) is 5.94. The fourth-order valence-corrected chi connectivity index (χ4v) is 4.33. The summed E-state index contributed by atoms with van der Waals surface area (Å²) < 4.78 is 10.7. The number of para-hydroxylation sites is 1. The lowest BCUT2D eigenvalue weighted by molar-refractivity contribution is -0.116. The maximum atomic E-state index is 12.2.